The van der Waals surface area contributed by atoms with Gasteiger partial charge in [-0.25, -0.2) is 0 Å². The third-order valence-corrected chi connectivity index (χ3v) is 3.91. The molecule has 5 heteroatoms. The van der Waals surface area contributed by atoms with E-state index in [9.17, 15) is 4.79 Å². The lowest BCUT2D eigenvalue weighted by Crippen LogP contribution is -2.24. The summed E-state index contributed by atoms with van der Waals surface area (Å²) >= 11 is 0. The molecule has 0 radical (unpaired) electrons. The van der Waals surface area contributed by atoms with Gasteiger partial charge in [0.2, 0.25) is 5.91 Å². The molecule has 2 aromatic rings. The van der Waals surface area contributed by atoms with Gasteiger partial charge in [0, 0.05) is 6.54 Å². The third kappa shape index (κ3) is 6.48. The fourth-order valence-corrected chi connectivity index (χ4v) is 2.57. The predicted molar refractivity (Wildman–Crippen MR) is 100 cm³/mol. The van der Waals surface area contributed by atoms with Gasteiger partial charge in [-0.05, 0) is 42.5 Å². The summed E-state index contributed by atoms with van der Waals surface area (Å²) in [4.78, 5) is 11.3. The normalized spacial score (nSPS) is 10.0. The fourth-order valence-electron chi connectivity index (χ4n) is 2.57. The van der Waals surface area contributed by atoms with Crippen molar-refractivity contribution in [2.45, 2.75) is 25.7 Å². The highest BCUT2D eigenvalue weighted by molar-refractivity contribution is 5.77. The van der Waals surface area contributed by atoms with Crippen LogP contribution in [-0.4, -0.2) is 26.2 Å². The number of hydrogen-bond donors (Lipinski definition) is 1. The Morgan fingerprint density at radius 2 is 1.88 bits per heavy atom. The van der Waals surface area contributed by atoms with Crippen LogP contribution < -0.4 is 14.8 Å². The molecule has 0 spiro atoms. The van der Waals surface area contributed by atoms with Crippen LogP contribution in [0, 0.1) is 11.3 Å². The van der Waals surface area contributed by atoms with Gasteiger partial charge in [-0.2, -0.15) is 5.26 Å². The fraction of sp³-hybridized carbons (Fsp3) is 0.333. The smallest absolute Gasteiger partial charge is 0.234 e. The Balaban J connectivity index is 1.80. The SMILES string of the molecule is COc1cc(CCNC(=O)CC#N)ccc1OCCCc1ccccc1. The van der Waals surface area contributed by atoms with Crippen LogP contribution in [0.5, 0.6) is 11.5 Å². The number of amides is 1. The largest absolute Gasteiger partial charge is 0.493 e. The Bertz CT molecular complexity index is 739. The van der Waals surface area contributed by atoms with E-state index < -0.39 is 0 Å². The van der Waals surface area contributed by atoms with Crippen molar-refractivity contribution in [3.05, 3.63) is 59.7 Å². The van der Waals surface area contributed by atoms with E-state index in [2.05, 4.69) is 17.4 Å². The van der Waals surface area contributed by atoms with E-state index in [1.807, 2.05) is 42.5 Å². The topological polar surface area (TPSA) is 71.3 Å². The summed E-state index contributed by atoms with van der Waals surface area (Å²) in [6, 6.07) is 17.9. The number of hydrogen-bond acceptors (Lipinski definition) is 4. The maximum Gasteiger partial charge on any atom is 0.234 e. The highest BCUT2D eigenvalue weighted by Gasteiger charge is 2.07. The number of nitriles is 1. The van der Waals surface area contributed by atoms with Gasteiger partial charge in [0.1, 0.15) is 6.42 Å². The lowest BCUT2D eigenvalue weighted by atomic mass is 10.1. The van der Waals surface area contributed by atoms with E-state index in [0.717, 1.165) is 24.2 Å². The lowest BCUT2D eigenvalue weighted by molar-refractivity contribution is -0.120. The second kappa shape index (κ2) is 10.8. The molecule has 0 aliphatic rings. The first-order valence-corrected chi connectivity index (χ1v) is 8.70. The van der Waals surface area contributed by atoms with Crippen molar-refractivity contribution in [3.63, 3.8) is 0 Å². The Morgan fingerprint density at radius 1 is 1.08 bits per heavy atom. The number of ether oxygens (including phenoxy) is 2. The molecular weight excluding hydrogens is 328 g/mol. The number of benzene rings is 2. The summed E-state index contributed by atoms with van der Waals surface area (Å²) in [5.74, 6) is 1.15. The summed E-state index contributed by atoms with van der Waals surface area (Å²) in [7, 11) is 1.62. The zero-order chi connectivity index (χ0) is 18.6. The third-order valence-electron chi connectivity index (χ3n) is 3.91. The Hall–Kier alpha value is -3.00. The van der Waals surface area contributed by atoms with Crippen LogP contribution in [-0.2, 0) is 17.6 Å². The molecule has 0 aromatic heterocycles. The van der Waals surface area contributed by atoms with Crippen LogP contribution in [0.15, 0.2) is 48.5 Å². The molecule has 5 nitrogen and oxygen atoms in total. The highest BCUT2D eigenvalue weighted by atomic mass is 16.5. The van der Waals surface area contributed by atoms with Gasteiger partial charge in [-0.15, -0.1) is 0 Å². The molecule has 0 atom stereocenters. The minimum absolute atomic E-state index is 0.112. The van der Waals surface area contributed by atoms with E-state index >= 15 is 0 Å². The van der Waals surface area contributed by atoms with Crippen LogP contribution in [0.1, 0.15) is 24.0 Å². The molecule has 136 valence electrons. The monoisotopic (exact) mass is 352 g/mol. The molecule has 0 aliphatic heterocycles. The first-order valence-electron chi connectivity index (χ1n) is 8.70. The summed E-state index contributed by atoms with van der Waals surface area (Å²) in [5.41, 5.74) is 2.34. The van der Waals surface area contributed by atoms with Gasteiger partial charge in [-0.1, -0.05) is 36.4 Å². The molecule has 26 heavy (non-hydrogen) atoms. The maximum atomic E-state index is 11.3. The highest BCUT2D eigenvalue weighted by Crippen LogP contribution is 2.28. The summed E-state index contributed by atoms with van der Waals surface area (Å²) in [6.45, 7) is 1.11. The quantitative estimate of drug-likeness (QED) is 0.666. The van der Waals surface area contributed by atoms with Crippen LogP contribution in [0.3, 0.4) is 0 Å². The molecule has 0 unspecified atom stereocenters. The maximum absolute atomic E-state index is 11.3. The second-order valence-corrected chi connectivity index (χ2v) is 5.86. The number of aryl methyl sites for hydroxylation is 1. The van der Waals surface area contributed by atoms with Gasteiger partial charge < -0.3 is 14.8 Å². The molecule has 0 heterocycles. The first-order chi connectivity index (χ1) is 12.7. The van der Waals surface area contributed by atoms with Crippen molar-refractivity contribution in [3.8, 4) is 17.6 Å². The van der Waals surface area contributed by atoms with Crippen molar-refractivity contribution in [1.82, 2.24) is 5.32 Å². The number of carbonyl (C=O) groups excluding carboxylic acids is 1. The number of nitrogens with one attached hydrogen (secondary N) is 1. The standard InChI is InChI=1S/C21H24N2O3/c1-25-20-16-18(12-14-23-21(24)11-13-22)9-10-19(20)26-15-5-8-17-6-3-2-4-7-17/h2-4,6-7,9-10,16H,5,8,11-12,14-15H2,1H3,(H,23,24). The lowest BCUT2D eigenvalue weighted by Gasteiger charge is -2.12. The Morgan fingerprint density at radius 3 is 2.62 bits per heavy atom. The van der Waals surface area contributed by atoms with Crippen molar-refractivity contribution in [1.29, 1.82) is 5.26 Å². The van der Waals surface area contributed by atoms with Crippen LogP contribution >= 0.6 is 0 Å². The van der Waals surface area contributed by atoms with Crippen LogP contribution in [0.2, 0.25) is 0 Å². The minimum Gasteiger partial charge on any atom is -0.493 e. The molecule has 0 fully saturated rings. The number of rotatable bonds is 10. The van der Waals surface area contributed by atoms with Crippen molar-refractivity contribution in [2.24, 2.45) is 0 Å². The van der Waals surface area contributed by atoms with Crippen LogP contribution in [0.25, 0.3) is 0 Å². The molecule has 0 bridgehead atoms. The first kappa shape index (κ1) is 19.3. The zero-order valence-corrected chi connectivity index (χ0v) is 15.0. The van der Waals surface area contributed by atoms with Gasteiger partial charge in [0.15, 0.2) is 11.5 Å². The number of methoxy groups -OCH3 is 1. The summed E-state index contributed by atoms with van der Waals surface area (Å²) in [5, 5.41) is 11.2. The Labute approximate surface area is 154 Å². The molecule has 2 aromatic carbocycles. The summed E-state index contributed by atoms with van der Waals surface area (Å²) < 4.78 is 11.3. The number of nitrogens with zero attached hydrogens (tertiary/aromatic N) is 1. The van der Waals surface area contributed by atoms with E-state index in [-0.39, 0.29) is 12.3 Å². The van der Waals surface area contributed by atoms with Gasteiger partial charge in [0.05, 0.1) is 19.8 Å². The predicted octanol–water partition coefficient (Wildman–Crippen LogP) is 3.28. The van der Waals surface area contributed by atoms with E-state index in [0.29, 0.717) is 25.3 Å². The zero-order valence-electron chi connectivity index (χ0n) is 15.0. The summed E-state index contributed by atoms with van der Waals surface area (Å²) in [6.07, 6.45) is 2.46. The molecule has 1 amide bonds. The van der Waals surface area contributed by atoms with Crippen molar-refractivity contribution >= 4 is 5.91 Å². The van der Waals surface area contributed by atoms with Gasteiger partial charge in [-0.3, -0.25) is 4.79 Å². The number of carbonyl (C=O) groups is 1. The van der Waals surface area contributed by atoms with E-state index in [1.165, 1.54) is 5.56 Å². The second-order valence-electron chi connectivity index (χ2n) is 5.86. The van der Waals surface area contributed by atoms with Gasteiger partial charge >= 0.3 is 0 Å². The van der Waals surface area contributed by atoms with Crippen molar-refractivity contribution in [2.75, 3.05) is 20.3 Å². The van der Waals surface area contributed by atoms with Crippen molar-refractivity contribution < 1.29 is 14.3 Å². The molecule has 0 saturated heterocycles. The van der Waals surface area contributed by atoms with Gasteiger partial charge in [0.25, 0.3) is 0 Å². The van der Waals surface area contributed by atoms with Crippen LogP contribution in [0.4, 0.5) is 0 Å². The van der Waals surface area contributed by atoms with E-state index in [4.69, 9.17) is 14.7 Å². The molecule has 2 rings (SSSR count). The average Bonchev–Trinajstić information content (AvgIpc) is 2.67. The Kier molecular flexibility index (Phi) is 8.01. The minimum atomic E-state index is -0.252. The van der Waals surface area contributed by atoms with E-state index in [1.54, 1.807) is 7.11 Å². The molecule has 0 aliphatic carbocycles. The molecule has 0 saturated carbocycles. The molecular formula is C21H24N2O3. The average molecular weight is 352 g/mol. The molecule has 1 N–H and O–H groups in total.